The third-order valence-corrected chi connectivity index (χ3v) is 2.00. The molecule has 1 aromatic heterocycles. The Morgan fingerprint density at radius 2 is 1.93 bits per heavy atom. The lowest BCUT2D eigenvalue weighted by molar-refractivity contribution is 0.424. The van der Waals surface area contributed by atoms with Crippen molar-refractivity contribution in [2.24, 2.45) is 0 Å². The number of rotatable bonds is 2. The Kier molecular flexibility index (Phi) is 2.63. The molecule has 15 heavy (non-hydrogen) atoms. The normalized spacial score (nSPS) is 10.0. The minimum absolute atomic E-state index is 0.194. The zero-order valence-corrected chi connectivity index (χ0v) is 8.27. The molecule has 0 fully saturated rings. The fourth-order valence-corrected chi connectivity index (χ4v) is 1.21. The maximum Gasteiger partial charge on any atom is 0.222 e. The Labute approximate surface area is 87.4 Å². The lowest BCUT2D eigenvalue weighted by atomic mass is 10.3. The molecule has 0 spiro atoms. The van der Waals surface area contributed by atoms with Gasteiger partial charge in [-0.05, 0) is 25.1 Å². The van der Waals surface area contributed by atoms with Crippen LogP contribution in [0.4, 0.5) is 4.39 Å². The lowest BCUT2D eigenvalue weighted by Gasteiger charge is -2.07. The number of hydrogen-bond acceptors (Lipinski definition) is 2. The van der Waals surface area contributed by atoms with Gasteiger partial charge in [0.2, 0.25) is 5.88 Å². The van der Waals surface area contributed by atoms with Crippen LogP contribution >= 0.6 is 0 Å². The average Bonchev–Trinajstić information content (AvgIpc) is 2.24. The van der Waals surface area contributed by atoms with Gasteiger partial charge in [-0.3, -0.25) is 0 Å². The van der Waals surface area contributed by atoms with Crippen molar-refractivity contribution in [2.45, 2.75) is 6.92 Å². The van der Waals surface area contributed by atoms with Crippen molar-refractivity contribution in [3.8, 4) is 11.6 Å². The van der Waals surface area contributed by atoms with E-state index in [1.165, 1.54) is 6.07 Å². The number of benzene rings is 1. The zero-order valence-electron chi connectivity index (χ0n) is 8.27. The molecular formula is C12H10FNO. The third kappa shape index (κ3) is 2.13. The van der Waals surface area contributed by atoms with Gasteiger partial charge in [0.15, 0.2) is 11.6 Å². The molecule has 3 heteroatoms. The summed E-state index contributed by atoms with van der Waals surface area (Å²) in [6, 6.07) is 9.94. The van der Waals surface area contributed by atoms with Crippen molar-refractivity contribution in [1.29, 1.82) is 0 Å². The summed E-state index contributed by atoms with van der Waals surface area (Å²) >= 11 is 0. The number of aryl methyl sites for hydroxylation is 1. The van der Waals surface area contributed by atoms with Crippen LogP contribution in [0.1, 0.15) is 5.56 Å². The highest BCUT2D eigenvalue weighted by molar-refractivity contribution is 5.32. The Bertz CT molecular complexity index is 427. The Morgan fingerprint density at radius 3 is 2.67 bits per heavy atom. The molecule has 0 aliphatic rings. The average molecular weight is 203 g/mol. The largest absolute Gasteiger partial charge is 0.436 e. The van der Waals surface area contributed by atoms with Crippen LogP contribution in [0.25, 0.3) is 0 Å². The molecule has 0 saturated heterocycles. The SMILES string of the molecule is Cc1cccnc1Oc1ccccc1F. The maximum atomic E-state index is 13.3. The number of halogens is 1. The van der Waals surface area contributed by atoms with Gasteiger partial charge < -0.3 is 4.74 Å². The summed E-state index contributed by atoms with van der Waals surface area (Å²) in [7, 11) is 0. The smallest absolute Gasteiger partial charge is 0.222 e. The molecule has 76 valence electrons. The van der Waals surface area contributed by atoms with Crippen LogP contribution in [0.2, 0.25) is 0 Å². The highest BCUT2D eigenvalue weighted by Crippen LogP contribution is 2.24. The Hall–Kier alpha value is -1.90. The fourth-order valence-electron chi connectivity index (χ4n) is 1.21. The third-order valence-electron chi connectivity index (χ3n) is 2.00. The second-order valence-corrected chi connectivity index (χ2v) is 3.16. The summed E-state index contributed by atoms with van der Waals surface area (Å²) < 4.78 is 18.6. The minimum Gasteiger partial charge on any atom is -0.436 e. The Morgan fingerprint density at radius 1 is 1.13 bits per heavy atom. The van der Waals surface area contributed by atoms with Gasteiger partial charge >= 0.3 is 0 Å². The maximum absolute atomic E-state index is 13.3. The molecule has 0 bridgehead atoms. The van der Waals surface area contributed by atoms with E-state index < -0.39 is 0 Å². The van der Waals surface area contributed by atoms with E-state index in [9.17, 15) is 4.39 Å². The van der Waals surface area contributed by atoms with Crippen LogP contribution in [-0.2, 0) is 0 Å². The number of nitrogens with zero attached hydrogens (tertiary/aromatic N) is 1. The standard InChI is InChI=1S/C12H10FNO/c1-9-5-4-8-14-12(9)15-11-7-3-2-6-10(11)13/h2-8H,1H3. The molecule has 0 radical (unpaired) electrons. The van der Waals surface area contributed by atoms with Crippen LogP contribution in [0.15, 0.2) is 42.6 Å². The number of para-hydroxylation sites is 1. The zero-order chi connectivity index (χ0) is 10.7. The summed E-state index contributed by atoms with van der Waals surface area (Å²) in [5.74, 6) is 0.240. The molecule has 2 aromatic rings. The van der Waals surface area contributed by atoms with Crippen molar-refractivity contribution in [1.82, 2.24) is 4.98 Å². The van der Waals surface area contributed by atoms with Crippen LogP contribution in [0, 0.1) is 12.7 Å². The first-order valence-corrected chi connectivity index (χ1v) is 4.61. The first-order chi connectivity index (χ1) is 7.27. The fraction of sp³-hybridized carbons (Fsp3) is 0.0833. The number of ether oxygens (including phenoxy) is 1. The van der Waals surface area contributed by atoms with E-state index in [2.05, 4.69) is 4.98 Å². The summed E-state index contributed by atoms with van der Waals surface area (Å²) in [6.45, 7) is 1.86. The molecule has 1 aromatic carbocycles. The van der Waals surface area contributed by atoms with E-state index in [4.69, 9.17) is 4.74 Å². The van der Waals surface area contributed by atoms with E-state index in [-0.39, 0.29) is 11.6 Å². The van der Waals surface area contributed by atoms with Gasteiger partial charge in [0.25, 0.3) is 0 Å². The monoisotopic (exact) mass is 203 g/mol. The van der Waals surface area contributed by atoms with Gasteiger partial charge in [0.05, 0.1) is 0 Å². The molecule has 0 aliphatic heterocycles. The number of aromatic nitrogens is 1. The second-order valence-electron chi connectivity index (χ2n) is 3.16. The van der Waals surface area contributed by atoms with Gasteiger partial charge in [-0.1, -0.05) is 18.2 Å². The molecule has 0 saturated carbocycles. The molecular weight excluding hydrogens is 193 g/mol. The van der Waals surface area contributed by atoms with Gasteiger partial charge in [-0.25, -0.2) is 9.37 Å². The highest BCUT2D eigenvalue weighted by atomic mass is 19.1. The van der Waals surface area contributed by atoms with Gasteiger partial charge in [-0.15, -0.1) is 0 Å². The predicted molar refractivity (Wildman–Crippen MR) is 55.4 cm³/mol. The molecule has 0 amide bonds. The van der Waals surface area contributed by atoms with Gasteiger partial charge in [-0.2, -0.15) is 0 Å². The van der Waals surface area contributed by atoms with Crippen molar-refractivity contribution >= 4 is 0 Å². The molecule has 2 nitrogen and oxygen atoms in total. The predicted octanol–water partition coefficient (Wildman–Crippen LogP) is 3.32. The summed E-state index contributed by atoms with van der Waals surface area (Å²) in [4.78, 5) is 4.03. The van der Waals surface area contributed by atoms with E-state index in [1.807, 2.05) is 19.1 Å². The quantitative estimate of drug-likeness (QED) is 0.746. The van der Waals surface area contributed by atoms with Crippen molar-refractivity contribution in [2.75, 3.05) is 0 Å². The van der Waals surface area contributed by atoms with Gasteiger partial charge in [0, 0.05) is 11.8 Å². The van der Waals surface area contributed by atoms with E-state index in [0.717, 1.165) is 5.56 Å². The van der Waals surface area contributed by atoms with Crippen molar-refractivity contribution in [3.05, 3.63) is 54.0 Å². The summed E-state index contributed by atoms with van der Waals surface area (Å²) in [5, 5.41) is 0. The van der Waals surface area contributed by atoms with Crippen LogP contribution < -0.4 is 4.74 Å². The van der Waals surface area contributed by atoms with Crippen LogP contribution in [-0.4, -0.2) is 4.98 Å². The molecule has 0 atom stereocenters. The van der Waals surface area contributed by atoms with E-state index >= 15 is 0 Å². The summed E-state index contributed by atoms with van der Waals surface area (Å²) in [5.41, 5.74) is 0.876. The molecule has 1 heterocycles. The molecule has 0 unspecified atom stereocenters. The van der Waals surface area contributed by atoms with E-state index in [1.54, 1.807) is 24.4 Å². The first-order valence-electron chi connectivity index (χ1n) is 4.61. The molecule has 0 N–H and O–H groups in total. The molecule has 2 rings (SSSR count). The Balaban J connectivity index is 2.30. The summed E-state index contributed by atoms with van der Waals surface area (Å²) in [6.07, 6.45) is 1.61. The number of hydrogen-bond donors (Lipinski definition) is 0. The van der Waals surface area contributed by atoms with Crippen molar-refractivity contribution in [3.63, 3.8) is 0 Å². The number of pyridine rings is 1. The van der Waals surface area contributed by atoms with Gasteiger partial charge in [0.1, 0.15) is 0 Å². The van der Waals surface area contributed by atoms with Crippen LogP contribution in [0.5, 0.6) is 11.6 Å². The first kappa shape index (κ1) is 9.65. The highest BCUT2D eigenvalue weighted by Gasteiger charge is 2.05. The topological polar surface area (TPSA) is 22.1 Å². The van der Waals surface area contributed by atoms with E-state index in [0.29, 0.717) is 5.88 Å². The van der Waals surface area contributed by atoms with Crippen molar-refractivity contribution < 1.29 is 9.13 Å². The van der Waals surface area contributed by atoms with Crippen LogP contribution in [0.3, 0.4) is 0 Å². The molecule has 0 aliphatic carbocycles. The lowest BCUT2D eigenvalue weighted by Crippen LogP contribution is -1.92. The minimum atomic E-state index is -0.387. The second kappa shape index (κ2) is 4.09.